The molecule has 0 aliphatic carbocycles. The third-order valence-electron chi connectivity index (χ3n) is 6.63. The van der Waals surface area contributed by atoms with E-state index in [1.165, 1.54) is 17.6 Å². The summed E-state index contributed by atoms with van der Waals surface area (Å²) < 4.78 is 13.0. The van der Waals surface area contributed by atoms with Crippen molar-refractivity contribution < 1.29 is 14.3 Å². The molecule has 2 aliphatic heterocycles. The molecule has 1 saturated heterocycles. The van der Waals surface area contributed by atoms with E-state index in [-0.39, 0.29) is 12.0 Å². The molecule has 0 unspecified atom stereocenters. The van der Waals surface area contributed by atoms with Gasteiger partial charge < -0.3 is 9.47 Å². The predicted octanol–water partition coefficient (Wildman–Crippen LogP) is 3.94. The number of methoxy groups -OCH3 is 1. The predicted molar refractivity (Wildman–Crippen MR) is 127 cm³/mol. The summed E-state index contributed by atoms with van der Waals surface area (Å²) in [5.74, 6) is 1.84. The van der Waals surface area contributed by atoms with Crippen LogP contribution in [0.1, 0.15) is 50.1 Å². The minimum Gasteiger partial charge on any atom is -0.492 e. The molecule has 9 heteroatoms. The molecule has 5 rings (SSSR count). The fourth-order valence-corrected chi connectivity index (χ4v) is 5.54. The lowest BCUT2D eigenvalue weighted by atomic mass is 9.85. The summed E-state index contributed by atoms with van der Waals surface area (Å²) in [6.45, 7) is 10.3. The highest BCUT2D eigenvalue weighted by molar-refractivity contribution is 7.15. The lowest BCUT2D eigenvalue weighted by Crippen LogP contribution is -2.60. The van der Waals surface area contributed by atoms with Crippen LogP contribution in [0.4, 0.5) is 0 Å². The number of thiazole rings is 1. The van der Waals surface area contributed by atoms with Crippen LogP contribution in [-0.4, -0.2) is 63.0 Å². The molecule has 8 nitrogen and oxygen atoms in total. The second-order valence-corrected chi connectivity index (χ2v) is 10.5. The Balaban J connectivity index is 1.41. The second kappa shape index (κ2) is 8.22. The molecule has 1 fully saturated rings. The average molecular weight is 468 g/mol. The molecule has 174 valence electrons. The number of carbonyl (C=O) groups excluding carboxylic acids is 1. The zero-order chi connectivity index (χ0) is 23.3. The molecular formula is C24H29N5O3S. The molecule has 2 aromatic heterocycles. The summed E-state index contributed by atoms with van der Waals surface area (Å²) in [5, 5.41) is 5.25. The maximum Gasteiger partial charge on any atom is 0.325 e. The third kappa shape index (κ3) is 3.73. The summed E-state index contributed by atoms with van der Waals surface area (Å²) in [7, 11) is 1.44. The Morgan fingerprint density at radius 2 is 2.09 bits per heavy atom. The number of hydrogen-bond donors (Lipinski definition) is 0. The molecule has 0 amide bonds. The summed E-state index contributed by atoms with van der Waals surface area (Å²) in [4.78, 5) is 24.9. The van der Waals surface area contributed by atoms with Crippen molar-refractivity contribution in [2.24, 2.45) is 0 Å². The number of rotatable bonds is 5. The van der Waals surface area contributed by atoms with Crippen LogP contribution in [0.2, 0.25) is 0 Å². The van der Waals surface area contributed by atoms with E-state index >= 15 is 0 Å². The number of carbonyl (C=O) groups is 1. The van der Waals surface area contributed by atoms with Crippen LogP contribution < -0.4 is 4.74 Å². The van der Waals surface area contributed by atoms with Crippen LogP contribution in [0.5, 0.6) is 5.75 Å². The molecule has 4 heterocycles. The van der Waals surface area contributed by atoms with E-state index < -0.39 is 5.54 Å². The van der Waals surface area contributed by atoms with Crippen molar-refractivity contribution in [2.75, 3.05) is 26.8 Å². The Morgan fingerprint density at radius 3 is 2.82 bits per heavy atom. The molecule has 0 saturated carbocycles. The number of ether oxygens (including phenoxy) is 2. The summed E-state index contributed by atoms with van der Waals surface area (Å²) >= 11 is 1.67. The van der Waals surface area contributed by atoms with Crippen molar-refractivity contribution in [3.05, 3.63) is 35.0 Å². The maximum absolute atomic E-state index is 12.1. The van der Waals surface area contributed by atoms with Gasteiger partial charge in [-0.3, -0.25) is 9.69 Å². The fraction of sp³-hybridized carbons (Fsp3) is 0.500. The quantitative estimate of drug-likeness (QED) is 0.526. The van der Waals surface area contributed by atoms with Gasteiger partial charge in [-0.15, -0.1) is 11.3 Å². The number of nitrogens with zero attached hydrogens (tertiary/aromatic N) is 5. The SMILES string of the molecule is COC(=O)C(C)(C)N1CC(c2ccc3c(c2)OCCc2sc(-c4ncnn4C(C)C)nc2-3)C1. The molecule has 3 aromatic rings. The van der Waals surface area contributed by atoms with E-state index in [9.17, 15) is 4.79 Å². The van der Waals surface area contributed by atoms with Gasteiger partial charge in [-0.1, -0.05) is 6.07 Å². The van der Waals surface area contributed by atoms with Gasteiger partial charge in [0.25, 0.3) is 0 Å². The molecule has 0 spiro atoms. The fourth-order valence-electron chi connectivity index (χ4n) is 4.49. The van der Waals surface area contributed by atoms with Crippen LogP contribution in [0.15, 0.2) is 24.5 Å². The third-order valence-corrected chi connectivity index (χ3v) is 7.74. The minimum atomic E-state index is -0.615. The van der Waals surface area contributed by atoms with Crippen molar-refractivity contribution in [1.82, 2.24) is 24.6 Å². The Kier molecular flexibility index (Phi) is 5.49. The smallest absolute Gasteiger partial charge is 0.325 e. The zero-order valence-electron chi connectivity index (χ0n) is 19.7. The number of fused-ring (bicyclic) bond motifs is 3. The minimum absolute atomic E-state index is 0.202. The van der Waals surface area contributed by atoms with E-state index in [4.69, 9.17) is 14.5 Å². The first-order valence-electron chi connectivity index (χ1n) is 11.3. The Hall–Kier alpha value is -2.78. The average Bonchev–Trinajstić information content (AvgIpc) is 3.36. The van der Waals surface area contributed by atoms with E-state index in [0.29, 0.717) is 12.5 Å². The van der Waals surface area contributed by atoms with Crippen LogP contribution >= 0.6 is 11.3 Å². The molecule has 2 aliphatic rings. The van der Waals surface area contributed by atoms with E-state index in [1.807, 2.05) is 18.5 Å². The van der Waals surface area contributed by atoms with Crippen LogP contribution in [0, 0.1) is 0 Å². The number of hydrogen-bond acceptors (Lipinski definition) is 8. The van der Waals surface area contributed by atoms with Gasteiger partial charge in [-0.25, -0.2) is 14.6 Å². The zero-order valence-corrected chi connectivity index (χ0v) is 20.5. The van der Waals surface area contributed by atoms with Crippen LogP contribution in [0.3, 0.4) is 0 Å². The van der Waals surface area contributed by atoms with Gasteiger partial charge in [0.05, 0.1) is 19.4 Å². The molecule has 33 heavy (non-hydrogen) atoms. The first-order chi connectivity index (χ1) is 15.8. The first kappa shape index (κ1) is 22.0. The highest BCUT2D eigenvalue weighted by atomic mass is 32.1. The second-order valence-electron chi connectivity index (χ2n) is 9.42. The molecule has 0 atom stereocenters. The van der Waals surface area contributed by atoms with E-state index in [2.05, 4.69) is 47.0 Å². The van der Waals surface area contributed by atoms with Crippen molar-refractivity contribution in [3.63, 3.8) is 0 Å². The Labute approximate surface area is 197 Å². The molecular weight excluding hydrogens is 438 g/mol. The van der Waals surface area contributed by atoms with Gasteiger partial charge in [0.2, 0.25) is 0 Å². The van der Waals surface area contributed by atoms with Gasteiger partial charge in [0, 0.05) is 41.9 Å². The Bertz CT molecular complexity index is 1190. The molecule has 0 radical (unpaired) electrons. The first-order valence-corrected chi connectivity index (χ1v) is 12.1. The van der Waals surface area contributed by atoms with Crippen molar-refractivity contribution in [3.8, 4) is 27.8 Å². The summed E-state index contributed by atoms with van der Waals surface area (Å²) in [6, 6.07) is 6.66. The van der Waals surface area contributed by atoms with Gasteiger partial charge >= 0.3 is 5.97 Å². The van der Waals surface area contributed by atoms with Crippen molar-refractivity contribution in [1.29, 1.82) is 0 Å². The topological polar surface area (TPSA) is 82.4 Å². The van der Waals surface area contributed by atoms with Gasteiger partial charge in [-0.05, 0) is 45.4 Å². The van der Waals surface area contributed by atoms with E-state index in [0.717, 1.165) is 47.3 Å². The molecule has 0 N–H and O–H groups in total. The van der Waals surface area contributed by atoms with Crippen molar-refractivity contribution >= 4 is 17.3 Å². The lowest BCUT2D eigenvalue weighted by Gasteiger charge is -2.47. The standard InChI is InChI=1S/C24H29N5O3S/c1-14(2)29-21(25-13-26-29)22-27-20-17-7-6-15(10-18(17)32-9-8-19(20)33-22)16-11-28(12-16)24(3,4)23(30)31-5/h6-7,10,13-14,16H,8-9,11-12H2,1-5H3. The number of benzene rings is 1. The monoisotopic (exact) mass is 467 g/mol. The lowest BCUT2D eigenvalue weighted by molar-refractivity contribution is -0.156. The molecule has 1 aromatic carbocycles. The summed E-state index contributed by atoms with van der Waals surface area (Å²) in [6.07, 6.45) is 2.41. The van der Waals surface area contributed by atoms with Crippen LogP contribution in [0.25, 0.3) is 22.1 Å². The highest BCUT2D eigenvalue weighted by Gasteiger charge is 2.43. The summed E-state index contributed by atoms with van der Waals surface area (Å²) in [5.41, 5.74) is 2.62. The van der Waals surface area contributed by atoms with Crippen molar-refractivity contribution in [2.45, 2.75) is 51.6 Å². The number of aromatic nitrogens is 4. The highest BCUT2D eigenvalue weighted by Crippen LogP contribution is 2.42. The van der Waals surface area contributed by atoms with Gasteiger partial charge in [0.1, 0.15) is 17.6 Å². The largest absolute Gasteiger partial charge is 0.492 e. The maximum atomic E-state index is 12.1. The normalized spacial score (nSPS) is 16.5. The van der Waals surface area contributed by atoms with Gasteiger partial charge in [-0.2, -0.15) is 5.10 Å². The number of esters is 1. The van der Waals surface area contributed by atoms with Crippen LogP contribution in [-0.2, 0) is 16.0 Å². The Morgan fingerprint density at radius 1 is 1.30 bits per heavy atom. The van der Waals surface area contributed by atoms with E-state index in [1.54, 1.807) is 17.7 Å². The molecule has 0 bridgehead atoms. The number of likely N-dealkylation sites (tertiary alicyclic amines) is 1. The van der Waals surface area contributed by atoms with Gasteiger partial charge in [0.15, 0.2) is 10.8 Å².